The molecule has 19 heavy (non-hydrogen) atoms. The molecule has 5 heteroatoms. The Balaban J connectivity index is 3.29. The third kappa shape index (κ3) is 3.64. The summed E-state index contributed by atoms with van der Waals surface area (Å²) in [7, 11) is 0. The Morgan fingerprint density at radius 2 is 2.05 bits per heavy atom. The Labute approximate surface area is 112 Å². The quantitative estimate of drug-likeness (QED) is 0.342. The molecule has 0 amide bonds. The number of benzene rings is 1. The Hall–Kier alpha value is -2.17. The third-order valence-corrected chi connectivity index (χ3v) is 2.76. The molecular formula is C14H18N2O3. The Morgan fingerprint density at radius 3 is 2.47 bits per heavy atom. The zero-order chi connectivity index (χ0) is 14.6. The van der Waals surface area contributed by atoms with Gasteiger partial charge in [0.1, 0.15) is 5.69 Å². The maximum absolute atomic E-state index is 11.3. The van der Waals surface area contributed by atoms with E-state index in [-0.39, 0.29) is 11.5 Å². The van der Waals surface area contributed by atoms with Gasteiger partial charge in [0.2, 0.25) is 0 Å². The summed E-state index contributed by atoms with van der Waals surface area (Å²) in [6, 6.07) is 4.58. The number of hydrogen-bond donors (Lipinski definition) is 0. The van der Waals surface area contributed by atoms with E-state index < -0.39 is 4.92 Å². The molecule has 0 atom stereocenters. The lowest BCUT2D eigenvalue weighted by Gasteiger charge is -2.23. The smallest absolute Gasteiger partial charge is 0.293 e. The summed E-state index contributed by atoms with van der Waals surface area (Å²) >= 11 is 0. The highest BCUT2D eigenvalue weighted by molar-refractivity contribution is 5.95. The van der Waals surface area contributed by atoms with Crippen LogP contribution in [-0.4, -0.2) is 23.8 Å². The number of carbonyl (C=O) groups is 1. The predicted molar refractivity (Wildman–Crippen MR) is 75.8 cm³/mol. The van der Waals surface area contributed by atoms with E-state index in [1.165, 1.54) is 13.0 Å². The number of anilines is 1. The van der Waals surface area contributed by atoms with Gasteiger partial charge in [-0.25, -0.2) is 0 Å². The molecule has 0 fully saturated rings. The van der Waals surface area contributed by atoms with Gasteiger partial charge in [-0.2, -0.15) is 0 Å². The SMILES string of the molecule is C=C(C)CN(CC)c1ccc(C(C)=O)cc1[N+](=O)[O-]. The molecule has 0 bridgehead atoms. The number of Topliss-reactive ketones (excluding diaryl/α,β-unsaturated/α-hetero) is 1. The van der Waals surface area contributed by atoms with E-state index in [4.69, 9.17) is 0 Å². The van der Waals surface area contributed by atoms with Crippen LogP contribution in [0.5, 0.6) is 0 Å². The molecule has 5 nitrogen and oxygen atoms in total. The molecule has 102 valence electrons. The molecule has 0 saturated heterocycles. The van der Waals surface area contributed by atoms with E-state index in [0.29, 0.717) is 24.3 Å². The summed E-state index contributed by atoms with van der Waals surface area (Å²) in [6.07, 6.45) is 0. The minimum absolute atomic E-state index is 0.0456. The largest absolute Gasteiger partial charge is 0.362 e. The summed E-state index contributed by atoms with van der Waals surface area (Å²) in [5.74, 6) is -0.183. The molecule has 0 heterocycles. The number of rotatable bonds is 6. The number of hydrogen-bond acceptors (Lipinski definition) is 4. The van der Waals surface area contributed by atoms with Gasteiger partial charge in [0, 0.05) is 24.7 Å². The summed E-state index contributed by atoms with van der Waals surface area (Å²) in [5.41, 5.74) is 1.74. The van der Waals surface area contributed by atoms with E-state index in [1.54, 1.807) is 12.1 Å². The van der Waals surface area contributed by atoms with E-state index in [2.05, 4.69) is 6.58 Å². The molecule has 0 N–H and O–H groups in total. The fourth-order valence-corrected chi connectivity index (χ4v) is 1.85. The van der Waals surface area contributed by atoms with Gasteiger partial charge in [-0.1, -0.05) is 12.2 Å². The first-order valence-corrected chi connectivity index (χ1v) is 6.05. The molecule has 1 aromatic carbocycles. The maximum Gasteiger partial charge on any atom is 0.293 e. The number of likely N-dealkylation sites (N-methyl/N-ethyl adjacent to an activating group) is 1. The number of carbonyl (C=O) groups excluding carboxylic acids is 1. The first-order valence-electron chi connectivity index (χ1n) is 6.05. The summed E-state index contributed by atoms with van der Waals surface area (Å²) in [6.45, 7) is 10.2. The number of ketones is 1. The second-order valence-corrected chi connectivity index (χ2v) is 4.49. The number of nitrogens with zero attached hydrogens (tertiary/aromatic N) is 2. The Morgan fingerprint density at radius 1 is 1.42 bits per heavy atom. The summed E-state index contributed by atoms with van der Waals surface area (Å²) in [5, 5.41) is 11.1. The molecule has 0 saturated carbocycles. The van der Waals surface area contributed by atoms with E-state index in [9.17, 15) is 14.9 Å². The zero-order valence-corrected chi connectivity index (χ0v) is 11.5. The van der Waals surface area contributed by atoms with Crippen molar-refractivity contribution in [3.8, 4) is 0 Å². The van der Waals surface area contributed by atoms with Crippen molar-refractivity contribution in [1.82, 2.24) is 0 Å². The molecule has 0 unspecified atom stereocenters. The summed E-state index contributed by atoms with van der Waals surface area (Å²) in [4.78, 5) is 23.9. The van der Waals surface area contributed by atoms with Crippen LogP contribution >= 0.6 is 0 Å². The van der Waals surface area contributed by atoms with E-state index >= 15 is 0 Å². The predicted octanol–water partition coefficient (Wildman–Crippen LogP) is 3.20. The average molecular weight is 262 g/mol. The van der Waals surface area contributed by atoms with Gasteiger partial charge >= 0.3 is 0 Å². The van der Waals surface area contributed by atoms with Gasteiger partial charge in [-0.05, 0) is 32.9 Å². The minimum Gasteiger partial charge on any atom is -0.362 e. The maximum atomic E-state index is 11.3. The number of nitro benzene ring substituents is 1. The fraction of sp³-hybridized carbons (Fsp3) is 0.357. The third-order valence-electron chi connectivity index (χ3n) is 2.76. The molecule has 0 radical (unpaired) electrons. The first-order chi connectivity index (χ1) is 8.86. The van der Waals surface area contributed by atoms with Crippen LogP contribution in [0.2, 0.25) is 0 Å². The van der Waals surface area contributed by atoms with Crippen molar-refractivity contribution >= 4 is 17.2 Å². The molecule has 0 aliphatic carbocycles. The van der Waals surface area contributed by atoms with Crippen LogP contribution in [0.1, 0.15) is 31.1 Å². The van der Waals surface area contributed by atoms with Gasteiger partial charge in [-0.3, -0.25) is 14.9 Å². The van der Waals surface area contributed by atoms with E-state index in [0.717, 1.165) is 5.57 Å². The summed E-state index contributed by atoms with van der Waals surface area (Å²) < 4.78 is 0. The lowest BCUT2D eigenvalue weighted by atomic mass is 10.1. The second kappa shape index (κ2) is 6.13. The highest BCUT2D eigenvalue weighted by Gasteiger charge is 2.20. The van der Waals surface area contributed by atoms with Crippen LogP contribution in [0, 0.1) is 10.1 Å². The van der Waals surface area contributed by atoms with Crippen LogP contribution in [0.15, 0.2) is 30.4 Å². The molecule has 0 aromatic heterocycles. The molecular weight excluding hydrogens is 244 g/mol. The lowest BCUT2D eigenvalue weighted by molar-refractivity contribution is -0.384. The zero-order valence-electron chi connectivity index (χ0n) is 11.5. The minimum atomic E-state index is -0.456. The van der Waals surface area contributed by atoms with Crippen molar-refractivity contribution < 1.29 is 9.72 Å². The van der Waals surface area contributed by atoms with Crippen LogP contribution in [0.4, 0.5) is 11.4 Å². The lowest BCUT2D eigenvalue weighted by Crippen LogP contribution is -2.25. The van der Waals surface area contributed by atoms with Crippen LogP contribution in [-0.2, 0) is 0 Å². The highest BCUT2D eigenvalue weighted by atomic mass is 16.6. The van der Waals surface area contributed by atoms with Crippen LogP contribution in [0.25, 0.3) is 0 Å². The van der Waals surface area contributed by atoms with Crippen molar-refractivity contribution in [3.63, 3.8) is 0 Å². The average Bonchev–Trinajstić information content (AvgIpc) is 2.34. The topological polar surface area (TPSA) is 63.5 Å². The van der Waals surface area contributed by atoms with Crippen molar-refractivity contribution in [2.45, 2.75) is 20.8 Å². The van der Waals surface area contributed by atoms with Crippen molar-refractivity contribution in [2.24, 2.45) is 0 Å². The van der Waals surface area contributed by atoms with Gasteiger partial charge in [0.05, 0.1) is 4.92 Å². The van der Waals surface area contributed by atoms with Crippen molar-refractivity contribution in [1.29, 1.82) is 0 Å². The first kappa shape index (κ1) is 14.9. The molecule has 0 aliphatic heterocycles. The van der Waals surface area contributed by atoms with Gasteiger partial charge < -0.3 is 4.90 Å². The Kier molecular flexibility index (Phi) is 4.80. The fourth-order valence-electron chi connectivity index (χ4n) is 1.85. The molecule has 0 aliphatic rings. The van der Waals surface area contributed by atoms with Crippen molar-refractivity contribution in [2.75, 3.05) is 18.0 Å². The number of nitro groups is 1. The standard InChI is InChI=1S/C14H18N2O3/c1-5-15(9-10(2)3)13-7-6-12(11(4)17)8-14(13)16(18)19/h6-8H,2,5,9H2,1,3-4H3. The Bertz CT molecular complexity index is 523. The molecule has 0 spiro atoms. The van der Waals surface area contributed by atoms with Crippen LogP contribution < -0.4 is 4.90 Å². The van der Waals surface area contributed by atoms with E-state index in [1.807, 2.05) is 18.7 Å². The van der Waals surface area contributed by atoms with Gasteiger partial charge in [0.15, 0.2) is 5.78 Å². The molecule has 1 rings (SSSR count). The normalized spacial score (nSPS) is 10.1. The van der Waals surface area contributed by atoms with Gasteiger partial charge in [0.25, 0.3) is 5.69 Å². The van der Waals surface area contributed by atoms with Gasteiger partial charge in [-0.15, -0.1) is 0 Å². The van der Waals surface area contributed by atoms with Crippen LogP contribution in [0.3, 0.4) is 0 Å². The monoisotopic (exact) mass is 262 g/mol. The second-order valence-electron chi connectivity index (χ2n) is 4.49. The molecule has 1 aromatic rings. The van der Waals surface area contributed by atoms with Crippen molar-refractivity contribution in [3.05, 3.63) is 46.0 Å². The highest BCUT2D eigenvalue weighted by Crippen LogP contribution is 2.29.